The average Bonchev–Trinajstić information content (AvgIpc) is 3.45. The molecule has 1 aliphatic heterocycles. The quantitative estimate of drug-likeness (QED) is 0.279. The number of carbonyl (C=O) groups is 2. The van der Waals surface area contributed by atoms with Crippen LogP contribution in [0.5, 0.6) is 0 Å². The summed E-state index contributed by atoms with van der Waals surface area (Å²) in [5.74, 6) is -0.102. The van der Waals surface area contributed by atoms with Crippen LogP contribution in [0.25, 0.3) is 0 Å². The number of rotatable bonds is 2. The third-order valence-electron chi connectivity index (χ3n) is 14.3. The van der Waals surface area contributed by atoms with Crippen molar-refractivity contribution in [2.75, 3.05) is 11.4 Å². The normalized spacial score (nSPS) is 22.4. The first-order valence-electron chi connectivity index (χ1n) is 26.3. The second-order valence-corrected chi connectivity index (χ2v) is 19.5. The summed E-state index contributed by atoms with van der Waals surface area (Å²) < 4.78 is 0. The van der Waals surface area contributed by atoms with Crippen molar-refractivity contribution in [1.29, 1.82) is 5.26 Å². The van der Waals surface area contributed by atoms with Crippen molar-refractivity contribution < 1.29 is 9.59 Å². The first kappa shape index (κ1) is 52.3. The Bertz CT molecular complexity index is 1280. The molecule has 5 nitrogen and oxygen atoms in total. The van der Waals surface area contributed by atoms with Crippen molar-refractivity contribution >= 4 is 29.2 Å². The van der Waals surface area contributed by atoms with Gasteiger partial charge in [0.25, 0.3) is 5.91 Å². The number of halogens is 1. The number of nitriles is 1. The fourth-order valence-electron chi connectivity index (χ4n) is 10.4. The van der Waals surface area contributed by atoms with Gasteiger partial charge in [-0.2, -0.15) is 5.26 Å². The van der Waals surface area contributed by atoms with Gasteiger partial charge in [0.15, 0.2) is 0 Å². The summed E-state index contributed by atoms with van der Waals surface area (Å²) in [4.78, 5) is 32.0. The summed E-state index contributed by atoms with van der Waals surface area (Å²) in [5.41, 5.74) is 0.680. The maximum absolute atomic E-state index is 14.6. The second kappa shape index (κ2) is 33.5. The van der Waals surface area contributed by atoms with E-state index in [-0.39, 0.29) is 11.9 Å². The molecule has 0 N–H and O–H groups in total. The van der Waals surface area contributed by atoms with E-state index in [4.69, 9.17) is 11.6 Å². The molecule has 2 fully saturated rings. The Hall–Kier alpha value is -2.06. The number of hydrogen-bond donors (Lipinski definition) is 0. The van der Waals surface area contributed by atoms with Gasteiger partial charge in [-0.1, -0.05) is 262 Å². The lowest BCUT2D eigenvalue weighted by Crippen LogP contribution is -2.49. The number of benzene rings is 1. The van der Waals surface area contributed by atoms with Crippen LogP contribution in [0.3, 0.4) is 0 Å². The zero-order chi connectivity index (χ0) is 42.9. The molecular weight excluding hydrogens is 758 g/mol. The van der Waals surface area contributed by atoms with Crippen LogP contribution >= 0.6 is 11.6 Å². The van der Waals surface area contributed by atoms with Crippen LogP contribution in [0.4, 0.5) is 10.5 Å². The third kappa shape index (κ3) is 19.5. The topological polar surface area (TPSA) is 64.4 Å². The third-order valence-corrected chi connectivity index (χ3v) is 14.7. The van der Waals surface area contributed by atoms with Crippen LogP contribution in [-0.2, 0) is 4.79 Å². The average molecular weight is 851 g/mol. The highest BCUT2D eigenvalue weighted by atomic mass is 35.5. The molecule has 0 atom stereocenters. The minimum atomic E-state index is -0.815. The van der Waals surface area contributed by atoms with Gasteiger partial charge >= 0.3 is 6.03 Å². The molecule has 0 bridgehead atoms. The van der Waals surface area contributed by atoms with Gasteiger partial charge in [-0.05, 0) is 44.4 Å². The van der Waals surface area contributed by atoms with Crippen LogP contribution in [-0.4, -0.2) is 28.9 Å². The van der Waals surface area contributed by atoms with E-state index in [9.17, 15) is 14.9 Å². The van der Waals surface area contributed by atoms with Gasteiger partial charge in [0.2, 0.25) is 0 Å². The molecule has 1 heterocycles. The van der Waals surface area contributed by atoms with Crippen molar-refractivity contribution in [3.8, 4) is 6.07 Å². The van der Waals surface area contributed by atoms with Crippen LogP contribution in [0.1, 0.15) is 281 Å². The Balaban J connectivity index is 1.47. The molecule has 1 aromatic carbocycles. The number of imide groups is 1. The molecule has 0 radical (unpaired) electrons. The number of likely N-dealkylation sites (N-methyl/N-ethyl adjacent to an activating group) is 1. The molecule has 3 amide bonds. The summed E-state index contributed by atoms with van der Waals surface area (Å²) >= 11 is 6.57. The number of hydrogen-bond acceptors (Lipinski definition) is 3. The van der Waals surface area contributed by atoms with Crippen molar-refractivity contribution in [1.82, 2.24) is 4.90 Å². The second-order valence-electron chi connectivity index (χ2n) is 19.2. The van der Waals surface area contributed by atoms with E-state index in [1.54, 1.807) is 12.1 Å². The molecule has 0 aromatic heterocycles. The molecule has 1 aromatic rings. The largest absolute Gasteiger partial charge is 0.332 e. The lowest BCUT2D eigenvalue weighted by Gasteiger charge is -2.35. The van der Waals surface area contributed by atoms with Crippen molar-refractivity contribution in [2.24, 2.45) is 0 Å². The predicted octanol–water partition coefficient (Wildman–Crippen LogP) is 18.1. The SMILES string of the molecule is CCN1C(=O)N(c2ccc(C#N)c(Cl)c2C)C(=O)C12CCCCCCCCCCCCCCCCCCCCCCCCCCCCCCCCCCCCCCCCC2. The predicted molar refractivity (Wildman–Crippen MR) is 258 cm³/mol. The summed E-state index contributed by atoms with van der Waals surface area (Å²) in [5, 5.41) is 9.86. The highest BCUT2D eigenvalue weighted by Gasteiger charge is 2.56. The first-order valence-corrected chi connectivity index (χ1v) is 26.7. The van der Waals surface area contributed by atoms with Crippen LogP contribution in [0.15, 0.2) is 12.1 Å². The molecule has 1 aliphatic carbocycles. The smallest absolute Gasteiger partial charge is 0.309 e. The van der Waals surface area contributed by atoms with Gasteiger partial charge in [-0.15, -0.1) is 0 Å². The monoisotopic (exact) mass is 850 g/mol. The molecular formula is C54H92ClN3O2. The molecule has 1 spiro atoms. The van der Waals surface area contributed by atoms with E-state index in [2.05, 4.69) is 6.07 Å². The molecule has 342 valence electrons. The number of carbonyl (C=O) groups excluding carboxylic acids is 2. The first-order chi connectivity index (χ1) is 29.5. The van der Waals surface area contributed by atoms with E-state index in [1.807, 2.05) is 18.7 Å². The Kier molecular flexibility index (Phi) is 29.2. The molecule has 2 aliphatic rings. The highest BCUT2D eigenvalue weighted by Crippen LogP contribution is 2.42. The lowest BCUT2D eigenvalue weighted by molar-refractivity contribution is -0.125. The number of amides is 3. The Morgan fingerprint density at radius 2 is 0.767 bits per heavy atom. The van der Waals surface area contributed by atoms with E-state index >= 15 is 0 Å². The minimum absolute atomic E-state index is 0.102. The van der Waals surface area contributed by atoms with E-state index < -0.39 is 5.54 Å². The van der Waals surface area contributed by atoms with Crippen LogP contribution in [0, 0.1) is 18.3 Å². The molecule has 1 saturated heterocycles. The molecule has 6 heteroatoms. The number of anilines is 1. The van der Waals surface area contributed by atoms with Crippen molar-refractivity contribution in [3.05, 3.63) is 28.3 Å². The van der Waals surface area contributed by atoms with Gasteiger partial charge < -0.3 is 4.90 Å². The fraction of sp³-hybridized carbons (Fsp3) is 0.833. The lowest BCUT2D eigenvalue weighted by atomic mass is 9.84. The van der Waals surface area contributed by atoms with Crippen molar-refractivity contribution in [3.63, 3.8) is 0 Å². The highest BCUT2D eigenvalue weighted by molar-refractivity contribution is 6.33. The maximum Gasteiger partial charge on any atom is 0.332 e. The zero-order valence-electron chi connectivity index (χ0n) is 39.4. The molecule has 3 rings (SSSR count). The van der Waals surface area contributed by atoms with Gasteiger partial charge in [0.05, 0.1) is 16.3 Å². The Morgan fingerprint density at radius 1 is 0.500 bits per heavy atom. The number of nitrogens with zero attached hydrogens (tertiary/aromatic N) is 3. The maximum atomic E-state index is 14.6. The zero-order valence-corrected chi connectivity index (χ0v) is 40.1. The fourth-order valence-corrected chi connectivity index (χ4v) is 10.6. The van der Waals surface area contributed by atoms with Gasteiger partial charge in [-0.3, -0.25) is 4.79 Å². The Labute approximate surface area is 375 Å². The van der Waals surface area contributed by atoms with E-state index in [1.165, 1.54) is 230 Å². The standard InChI is InChI=1S/C54H92ClN3O2/c1-3-57-53(60)58(50-44-43-49(47-56)51(55)48(50)2)52(59)54(57)45-41-39-37-35-33-31-29-27-25-23-21-19-17-15-13-11-9-7-5-4-6-8-10-12-14-16-18-20-22-24-26-28-30-32-34-36-38-40-42-46-54/h43-44H,3-42,45-46H2,1-2H3. The van der Waals surface area contributed by atoms with E-state index in [0.29, 0.717) is 41.2 Å². The van der Waals surface area contributed by atoms with E-state index in [0.717, 1.165) is 25.7 Å². The van der Waals surface area contributed by atoms with Gasteiger partial charge in [0, 0.05) is 6.54 Å². The summed E-state index contributed by atoms with van der Waals surface area (Å²) in [7, 11) is 0. The summed E-state index contributed by atoms with van der Waals surface area (Å²) in [6.07, 6.45) is 54.3. The molecule has 60 heavy (non-hydrogen) atoms. The summed E-state index contributed by atoms with van der Waals surface area (Å²) in [6.45, 7) is 4.33. The molecule has 1 saturated carbocycles. The van der Waals surface area contributed by atoms with Crippen molar-refractivity contribution in [2.45, 2.75) is 283 Å². The van der Waals surface area contributed by atoms with Crippen LogP contribution in [0.2, 0.25) is 5.02 Å². The number of urea groups is 1. The van der Waals surface area contributed by atoms with Gasteiger partial charge in [-0.25, -0.2) is 9.69 Å². The summed E-state index contributed by atoms with van der Waals surface area (Å²) in [6, 6.07) is 5.26. The molecule has 0 unspecified atom stereocenters. The van der Waals surface area contributed by atoms with Gasteiger partial charge in [0.1, 0.15) is 11.6 Å². The minimum Gasteiger partial charge on any atom is -0.309 e. The van der Waals surface area contributed by atoms with Crippen LogP contribution < -0.4 is 4.90 Å². The Morgan fingerprint density at radius 3 is 1.02 bits per heavy atom.